The number of thiol groups is 1. The lowest BCUT2D eigenvalue weighted by atomic mass is 9.99. The molecule has 6 unspecified atom stereocenters. The maximum atomic E-state index is 13.4. The molecular weight excluding hydrogens is 663 g/mol. The largest absolute Gasteiger partial charge is 0.480 e. The van der Waals surface area contributed by atoms with E-state index in [4.69, 9.17) is 5.73 Å². The highest BCUT2D eigenvalue weighted by Crippen LogP contribution is 2.21. The number of carboxylic acids is 1. The molecule has 1 rings (SSSR count). The molecule has 6 atom stereocenters. The Balaban J connectivity index is 3.03. The van der Waals surface area contributed by atoms with E-state index < -0.39 is 89.5 Å². The first-order valence-electron chi connectivity index (χ1n) is 16.3. The molecule has 17 heteroatoms. The molecule has 8 N–H and O–H groups in total. The quantitative estimate of drug-likeness (QED) is 0.0752. The molecule has 1 heterocycles. The minimum absolute atomic E-state index is 0.0760. The second-order valence-electron chi connectivity index (χ2n) is 13.0. The van der Waals surface area contributed by atoms with E-state index in [0.717, 1.165) is 0 Å². The SMILES string of the molecule is CSCCC(NC(=O)C(NC(=O)C(NC(=O)C(CS)NC(=O)C1CCCN1C(=O)C(CC(C)C)NC(=O)CN)C(C)C)C(C)C)C(=O)O. The van der Waals surface area contributed by atoms with Gasteiger partial charge in [0.25, 0.3) is 0 Å². The number of nitrogens with zero attached hydrogens (tertiary/aromatic N) is 1. The average molecular weight is 718 g/mol. The van der Waals surface area contributed by atoms with Gasteiger partial charge in [-0.05, 0) is 55.4 Å². The Morgan fingerprint density at radius 3 is 1.88 bits per heavy atom. The van der Waals surface area contributed by atoms with Gasteiger partial charge >= 0.3 is 5.97 Å². The fourth-order valence-electron chi connectivity index (χ4n) is 5.23. The summed E-state index contributed by atoms with van der Waals surface area (Å²) in [6.07, 6.45) is 3.29. The maximum Gasteiger partial charge on any atom is 0.326 e. The monoisotopic (exact) mass is 717 g/mol. The van der Waals surface area contributed by atoms with E-state index in [0.29, 0.717) is 31.6 Å². The van der Waals surface area contributed by atoms with Crippen molar-refractivity contribution in [2.24, 2.45) is 23.5 Å². The van der Waals surface area contributed by atoms with Gasteiger partial charge in [-0.2, -0.15) is 24.4 Å². The van der Waals surface area contributed by atoms with Crippen LogP contribution in [-0.2, 0) is 33.6 Å². The van der Waals surface area contributed by atoms with Gasteiger partial charge in [-0.3, -0.25) is 28.8 Å². The van der Waals surface area contributed by atoms with Gasteiger partial charge in [0.15, 0.2) is 0 Å². The van der Waals surface area contributed by atoms with Crippen LogP contribution < -0.4 is 32.3 Å². The second-order valence-corrected chi connectivity index (χ2v) is 14.4. The molecule has 0 aromatic rings. The van der Waals surface area contributed by atoms with E-state index in [1.807, 2.05) is 20.1 Å². The smallest absolute Gasteiger partial charge is 0.326 e. The molecule has 0 aromatic carbocycles. The topological polar surface area (TPSA) is 229 Å². The highest BCUT2D eigenvalue weighted by Gasteiger charge is 2.39. The Hall–Kier alpha value is -3.05. The molecule has 48 heavy (non-hydrogen) atoms. The summed E-state index contributed by atoms with van der Waals surface area (Å²) in [6, 6.07) is -6.20. The molecule has 274 valence electrons. The van der Waals surface area contributed by atoms with Crippen LogP contribution >= 0.6 is 24.4 Å². The first kappa shape index (κ1) is 43.0. The number of hydrogen-bond acceptors (Lipinski definition) is 10. The van der Waals surface area contributed by atoms with Crippen LogP contribution in [-0.4, -0.2) is 119 Å². The van der Waals surface area contributed by atoms with Crippen molar-refractivity contribution in [2.45, 2.75) is 103 Å². The minimum Gasteiger partial charge on any atom is -0.480 e. The molecule has 1 fully saturated rings. The van der Waals surface area contributed by atoms with Gasteiger partial charge in [-0.25, -0.2) is 4.79 Å². The Kier molecular flexibility index (Phi) is 18.9. The normalized spacial score (nSPS) is 17.7. The lowest BCUT2D eigenvalue weighted by Crippen LogP contribution is -2.61. The van der Waals surface area contributed by atoms with E-state index >= 15 is 0 Å². The van der Waals surface area contributed by atoms with Gasteiger partial charge in [0, 0.05) is 12.3 Å². The lowest BCUT2D eigenvalue weighted by molar-refractivity contribution is -0.143. The lowest BCUT2D eigenvalue weighted by Gasteiger charge is -2.31. The molecule has 0 aromatic heterocycles. The van der Waals surface area contributed by atoms with E-state index in [-0.39, 0.29) is 24.6 Å². The summed E-state index contributed by atoms with van der Waals surface area (Å²) in [5, 5.41) is 22.6. The Labute approximate surface area is 293 Å². The summed E-state index contributed by atoms with van der Waals surface area (Å²) in [5.74, 6) is -5.01. The van der Waals surface area contributed by atoms with Crippen molar-refractivity contribution in [3.63, 3.8) is 0 Å². The van der Waals surface area contributed by atoms with Crippen LogP contribution in [0.25, 0.3) is 0 Å². The van der Waals surface area contributed by atoms with Crippen molar-refractivity contribution < 1.29 is 38.7 Å². The molecule has 6 amide bonds. The zero-order valence-electron chi connectivity index (χ0n) is 29.0. The number of nitrogens with one attached hydrogen (secondary N) is 5. The highest BCUT2D eigenvalue weighted by molar-refractivity contribution is 7.98. The molecular formula is C31H55N7O8S2. The van der Waals surface area contributed by atoms with Crippen molar-refractivity contribution in [3.05, 3.63) is 0 Å². The van der Waals surface area contributed by atoms with Crippen LogP contribution in [0.3, 0.4) is 0 Å². The third-order valence-electron chi connectivity index (χ3n) is 7.90. The maximum absolute atomic E-state index is 13.4. The molecule has 0 aliphatic carbocycles. The fourth-order valence-corrected chi connectivity index (χ4v) is 5.96. The van der Waals surface area contributed by atoms with Crippen LogP contribution in [0.15, 0.2) is 0 Å². The van der Waals surface area contributed by atoms with Gasteiger partial charge in [-0.15, -0.1) is 0 Å². The van der Waals surface area contributed by atoms with Gasteiger partial charge in [0.1, 0.15) is 36.3 Å². The summed E-state index contributed by atoms with van der Waals surface area (Å²) < 4.78 is 0. The number of aliphatic carboxylic acids is 1. The van der Waals surface area contributed by atoms with Gasteiger partial charge < -0.3 is 42.3 Å². The predicted molar refractivity (Wildman–Crippen MR) is 187 cm³/mol. The molecule has 0 bridgehead atoms. The predicted octanol–water partition coefficient (Wildman–Crippen LogP) is -0.514. The summed E-state index contributed by atoms with van der Waals surface area (Å²) in [7, 11) is 0. The van der Waals surface area contributed by atoms with Crippen molar-refractivity contribution in [1.82, 2.24) is 31.5 Å². The summed E-state index contributed by atoms with van der Waals surface area (Å²) in [4.78, 5) is 91.8. The number of nitrogens with two attached hydrogens (primary N) is 1. The van der Waals surface area contributed by atoms with Crippen LogP contribution in [0.5, 0.6) is 0 Å². The Morgan fingerprint density at radius 2 is 1.40 bits per heavy atom. The average Bonchev–Trinajstić information content (AvgIpc) is 3.51. The standard InChI is InChI=1S/C31H55N7O8S2/c1-16(2)13-20(33-23(39)14-32)30(44)38-11-8-9-22(38)27(41)35-21(15-47)26(40)36-25(18(5)6)29(43)37-24(17(3)4)28(42)34-19(31(45)46)10-12-48-7/h16-22,24-25,47H,8-15,32H2,1-7H3,(H,33,39)(H,34,42)(H,35,41)(H,36,40)(H,37,43)(H,45,46). The second kappa shape index (κ2) is 21.1. The zero-order valence-corrected chi connectivity index (χ0v) is 30.7. The van der Waals surface area contributed by atoms with Gasteiger partial charge in [0.05, 0.1) is 6.54 Å². The number of rotatable bonds is 20. The molecule has 0 saturated carbocycles. The molecule has 1 saturated heterocycles. The Bertz CT molecular complexity index is 1140. The molecule has 1 aliphatic rings. The number of hydrogen-bond donors (Lipinski definition) is 8. The van der Waals surface area contributed by atoms with Crippen LogP contribution in [0.1, 0.15) is 67.2 Å². The third kappa shape index (κ3) is 13.5. The number of carbonyl (C=O) groups is 7. The first-order chi connectivity index (χ1) is 22.5. The van der Waals surface area contributed by atoms with E-state index in [9.17, 15) is 38.7 Å². The molecule has 1 aliphatic heterocycles. The number of likely N-dealkylation sites (tertiary alicyclic amines) is 1. The first-order valence-corrected chi connectivity index (χ1v) is 18.3. The van der Waals surface area contributed by atoms with E-state index in [1.54, 1.807) is 27.7 Å². The van der Waals surface area contributed by atoms with Crippen molar-refractivity contribution in [3.8, 4) is 0 Å². The molecule has 0 spiro atoms. The summed E-state index contributed by atoms with van der Waals surface area (Å²) >= 11 is 5.69. The summed E-state index contributed by atoms with van der Waals surface area (Å²) in [6.45, 7) is 10.6. The van der Waals surface area contributed by atoms with Crippen LogP contribution in [0, 0.1) is 17.8 Å². The van der Waals surface area contributed by atoms with E-state index in [2.05, 4.69) is 39.2 Å². The highest BCUT2D eigenvalue weighted by atomic mass is 32.2. The van der Waals surface area contributed by atoms with E-state index in [1.165, 1.54) is 16.7 Å². The Morgan fingerprint density at radius 1 is 0.833 bits per heavy atom. The number of amides is 6. The third-order valence-corrected chi connectivity index (χ3v) is 8.91. The number of carboxylic acid groups (broad SMARTS) is 1. The summed E-state index contributed by atoms with van der Waals surface area (Å²) in [5.41, 5.74) is 5.43. The fraction of sp³-hybridized carbons (Fsp3) is 0.774. The number of carbonyl (C=O) groups excluding carboxylic acids is 6. The van der Waals surface area contributed by atoms with Crippen LogP contribution in [0.4, 0.5) is 0 Å². The van der Waals surface area contributed by atoms with Crippen molar-refractivity contribution >= 4 is 65.8 Å². The molecule has 15 nitrogen and oxygen atoms in total. The minimum atomic E-state index is -1.18. The van der Waals surface area contributed by atoms with Gasteiger partial charge in [-0.1, -0.05) is 41.5 Å². The van der Waals surface area contributed by atoms with Crippen LogP contribution in [0.2, 0.25) is 0 Å². The van der Waals surface area contributed by atoms with Crippen molar-refractivity contribution in [1.29, 1.82) is 0 Å². The zero-order chi connectivity index (χ0) is 36.7. The number of thioether (sulfide) groups is 1. The van der Waals surface area contributed by atoms with Crippen molar-refractivity contribution in [2.75, 3.05) is 30.9 Å². The molecule has 0 radical (unpaired) electrons. The van der Waals surface area contributed by atoms with Gasteiger partial charge in [0.2, 0.25) is 35.4 Å².